The molecule has 0 aliphatic heterocycles. The van der Waals surface area contributed by atoms with E-state index in [-0.39, 0.29) is 10.6 Å². The average Bonchev–Trinajstić information content (AvgIpc) is 2.41. The topological polar surface area (TPSA) is 9.23 Å². The van der Waals surface area contributed by atoms with E-state index in [1.807, 2.05) is 25.1 Å². The van der Waals surface area contributed by atoms with Crippen LogP contribution in [0.4, 0.5) is 4.39 Å². The largest absolute Gasteiger partial charge is 0.493 e. The van der Waals surface area contributed by atoms with Crippen molar-refractivity contribution in [2.45, 2.75) is 11.8 Å². The number of hydrogen-bond donors (Lipinski definition) is 0. The summed E-state index contributed by atoms with van der Waals surface area (Å²) in [7, 11) is 0. The first-order valence-electron chi connectivity index (χ1n) is 5.93. The average molecular weight is 388 g/mol. The minimum Gasteiger partial charge on any atom is -0.493 e. The fourth-order valence-electron chi connectivity index (χ4n) is 1.77. The van der Waals surface area contributed by atoms with E-state index in [4.69, 9.17) is 4.74 Å². The van der Waals surface area contributed by atoms with Crippen molar-refractivity contribution in [1.82, 2.24) is 0 Å². The maximum atomic E-state index is 12.9. The summed E-state index contributed by atoms with van der Waals surface area (Å²) in [4.78, 5) is 0.0278. The molecule has 0 N–H and O–H groups in total. The first kappa shape index (κ1) is 14.5. The number of halogens is 3. The van der Waals surface area contributed by atoms with Gasteiger partial charge in [-0.1, -0.05) is 34.1 Å². The Hall–Kier alpha value is -0.870. The van der Waals surface area contributed by atoms with Crippen LogP contribution in [0.1, 0.15) is 22.9 Å². The maximum absolute atomic E-state index is 12.9. The van der Waals surface area contributed by atoms with E-state index in [1.165, 1.54) is 12.1 Å². The van der Waals surface area contributed by atoms with Crippen molar-refractivity contribution in [2.75, 3.05) is 6.61 Å². The molecule has 0 saturated carbocycles. The molecule has 1 nitrogen and oxygen atoms in total. The van der Waals surface area contributed by atoms with Gasteiger partial charge in [-0.25, -0.2) is 4.39 Å². The number of benzene rings is 2. The fraction of sp³-hybridized carbons (Fsp3) is 0.200. The molecule has 1 atom stereocenters. The Bertz CT molecular complexity index is 555. The highest BCUT2D eigenvalue weighted by Gasteiger charge is 2.12. The lowest BCUT2D eigenvalue weighted by atomic mass is 10.0. The Morgan fingerprint density at radius 2 is 1.74 bits per heavy atom. The van der Waals surface area contributed by atoms with Crippen LogP contribution in [-0.4, -0.2) is 6.61 Å². The lowest BCUT2D eigenvalue weighted by molar-refractivity contribution is 0.338. The highest BCUT2D eigenvalue weighted by Crippen LogP contribution is 2.35. The van der Waals surface area contributed by atoms with E-state index in [1.54, 1.807) is 12.1 Å². The summed E-state index contributed by atoms with van der Waals surface area (Å²) in [5, 5.41) is 0. The molecule has 0 saturated heterocycles. The number of alkyl halides is 1. The minimum absolute atomic E-state index is 0.0278. The van der Waals surface area contributed by atoms with Crippen LogP contribution in [0.5, 0.6) is 5.75 Å². The summed E-state index contributed by atoms with van der Waals surface area (Å²) in [6, 6.07) is 12.4. The van der Waals surface area contributed by atoms with Crippen LogP contribution < -0.4 is 4.74 Å². The lowest BCUT2D eigenvalue weighted by Gasteiger charge is -2.13. The van der Waals surface area contributed by atoms with Crippen LogP contribution in [0.15, 0.2) is 46.9 Å². The molecule has 2 aromatic carbocycles. The number of hydrogen-bond acceptors (Lipinski definition) is 1. The van der Waals surface area contributed by atoms with E-state index in [2.05, 4.69) is 31.9 Å². The molecule has 0 heterocycles. The van der Waals surface area contributed by atoms with Gasteiger partial charge in [0, 0.05) is 0 Å². The zero-order chi connectivity index (χ0) is 13.8. The predicted molar refractivity (Wildman–Crippen MR) is 82.5 cm³/mol. The normalized spacial score (nSPS) is 12.2. The van der Waals surface area contributed by atoms with Crippen LogP contribution in [0.25, 0.3) is 0 Å². The van der Waals surface area contributed by atoms with Crippen LogP contribution in [0, 0.1) is 5.82 Å². The van der Waals surface area contributed by atoms with Gasteiger partial charge < -0.3 is 4.74 Å². The predicted octanol–water partition coefficient (Wildman–Crippen LogP) is 5.47. The van der Waals surface area contributed by atoms with Gasteiger partial charge in [-0.3, -0.25) is 0 Å². The van der Waals surface area contributed by atoms with Gasteiger partial charge in [0.1, 0.15) is 11.6 Å². The summed E-state index contributed by atoms with van der Waals surface area (Å²) in [5.74, 6) is 0.599. The fourth-order valence-corrected chi connectivity index (χ4v) is 2.87. The molecular formula is C15H13Br2FO. The molecule has 0 fully saturated rings. The molecule has 19 heavy (non-hydrogen) atoms. The van der Waals surface area contributed by atoms with Crippen LogP contribution in [-0.2, 0) is 0 Å². The minimum atomic E-state index is -0.226. The monoisotopic (exact) mass is 386 g/mol. The Morgan fingerprint density at radius 1 is 1.11 bits per heavy atom. The molecule has 0 amide bonds. The van der Waals surface area contributed by atoms with E-state index in [0.29, 0.717) is 6.61 Å². The van der Waals surface area contributed by atoms with Crippen molar-refractivity contribution in [3.8, 4) is 5.75 Å². The molecular weight excluding hydrogens is 375 g/mol. The van der Waals surface area contributed by atoms with Crippen molar-refractivity contribution in [1.29, 1.82) is 0 Å². The Morgan fingerprint density at radius 3 is 2.32 bits per heavy atom. The molecule has 0 spiro atoms. The van der Waals surface area contributed by atoms with Gasteiger partial charge in [-0.05, 0) is 58.2 Å². The van der Waals surface area contributed by atoms with Crippen LogP contribution >= 0.6 is 31.9 Å². The van der Waals surface area contributed by atoms with Gasteiger partial charge in [-0.15, -0.1) is 0 Å². The zero-order valence-corrected chi connectivity index (χ0v) is 13.5. The summed E-state index contributed by atoms with van der Waals surface area (Å²) in [6.07, 6.45) is 0. The lowest BCUT2D eigenvalue weighted by Crippen LogP contribution is -1.96. The molecule has 100 valence electrons. The van der Waals surface area contributed by atoms with Gasteiger partial charge in [0.2, 0.25) is 0 Å². The molecule has 0 aromatic heterocycles. The summed E-state index contributed by atoms with van der Waals surface area (Å²) >= 11 is 7.13. The Balaban J connectivity index is 2.26. The zero-order valence-electron chi connectivity index (χ0n) is 10.4. The van der Waals surface area contributed by atoms with Crippen molar-refractivity contribution in [2.24, 2.45) is 0 Å². The van der Waals surface area contributed by atoms with E-state index < -0.39 is 0 Å². The van der Waals surface area contributed by atoms with E-state index in [9.17, 15) is 4.39 Å². The highest BCUT2D eigenvalue weighted by atomic mass is 79.9. The number of rotatable bonds is 4. The van der Waals surface area contributed by atoms with Gasteiger partial charge in [0.05, 0.1) is 15.9 Å². The Kier molecular flexibility index (Phi) is 4.99. The van der Waals surface area contributed by atoms with Gasteiger partial charge in [-0.2, -0.15) is 0 Å². The quantitative estimate of drug-likeness (QED) is 0.632. The van der Waals surface area contributed by atoms with Crippen molar-refractivity contribution in [3.05, 3.63) is 63.9 Å². The van der Waals surface area contributed by atoms with E-state index >= 15 is 0 Å². The molecule has 4 heteroatoms. The smallest absolute Gasteiger partial charge is 0.133 e. The summed E-state index contributed by atoms with van der Waals surface area (Å²) in [6.45, 7) is 2.58. The molecule has 2 rings (SSSR count). The van der Waals surface area contributed by atoms with Crippen molar-refractivity contribution in [3.63, 3.8) is 0 Å². The van der Waals surface area contributed by atoms with Gasteiger partial charge in [0.25, 0.3) is 0 Å². The standard InChI is InChI=1S/C15H13Br2FO/c1-2-19-14-8-5-11(9-13(14)16)15(17)10-3-6-12(18)7-4-10/h3-9,15H,2H2,1H3. The second-order valence-corrected chi connectivity index (χ2v) is 5.81. The van der Waals surface area contributed by atoms with Crippen molar-refractivity contribution >= 4 is 31.9 Å². The maximum Gasteiger partial charge on any atom is 0.133 e. The first-order valence-corrected chi connectivity index (χ1v) is 7.64. The Labute approximate surface area is 129 Å². The third kappa shape index (κ3) is 3.57. The molecule has 0 aliphatic rings. The second kappa shape index (κ2) is 6.53. The third-order valence-electron chi connectivity index (χ3n) is 2.71. The second-order valence-electron chi connectivity index (χ2n) is 4.04. The van der Waals surface area contributed by atoms with Crippen LogP contribution in [0.2, 0.25) is 0 Å². The van der Waals surface area contributed by atoms with Gasteiger partial charge in [0.15, 0.2) is 0 Å². The van der Waals surface area contributed by atoms with E-state index in [0.717, 1.165) is 21.3 Å². The highest BCUT2D eigenvalue weighted by molar-refractivity contribution is 9.10. The summed E-state index contributed by atoms with van der Waals surface area (Å²) < 4.78 is 19.3. The number of ether oxygens (including phenoxy) is 1. The molecule has 2 aromatic rings. The third-order valence-corrected chi connectivity index (χ3v) is 4.39. The SMILES string of the molecule is CCOc1ccc(C(Br)c2ccc(F)cc2)cc1Br. The molecule has 0 bridgehead atoms. The molecule has 1 unspecified atom stereocenters. The first-order chi connectivity index (χ1) is 9.11. The molecule has 0 radical (unpaired) electrons. The van der Waals surface area contributed by atoms with Gasteiger partial charge >= 0.3 is 0 Å². The van der Waals surface area contributed by atoms with Crippen LogP contribution in [0.3, 0.4) is 0 Å². The summed E-state index contributed by atoms with van der Waals surface area (Å²) in [5.41, 5.74) is 2.10. The van der Waals surface area contributed by atoms with Crippen molar-refractivity contribution < 1.29 is 9.13 Å². The molecule has 0 aliphatic carbocycles.